The molecular formula is C39H59FN4O6. The molecule has 11 heteroatoms. The van der Waals surface area contributed by atoms with Crippen LogP contribution in [-0.4, -0.2) is 127 Å². The first-order valence-electron chi connectivity index (χ1n) is 18.5. The molecule has 2 saturated heterocycles. The van der Waals surface area contributed by atoms with Gasteiger partial charge in [0.15, 0.2) is 0 Å². The van der Waals surface area contributed by atoms with E-state index in [2.05, 4.69) is 21.6 Å². The number of benzene rings is 1. The lowest BCUT2D eigenvalue weighted by Crippen LogP contribution is -2.48. The number of Topliss-reactive ketones (excluding diaryl/α,β-unsaturated/α-hetero) is 2. The van der Waals surface area contributed by atoms with Crippen molar-refractivity contribution in [2.45, 2.75) is 78.6 Å². The van der Waals surface area contributed by atoms with Crippen LogP contribution < -0.4 is 4.90 Å². The number of hydrogen-bond donors (Lipinski definition) is 2. The van der Waals surface area contributed by atoms with Crippen molar-refractivity contribution in [2.75, 3.05) is 70.9 Å². The van der Waals surface area contributed by atoms with Crippen molar-refractivity contribution in [3.63, 3.8) is 0 Å². The van der Waals surface area contributed by atoms with Crippen molar-refractivity contribution in [3.05, 3.63) is 47.3 Å². The molecule has 3 aliphatic rings. The highest BCUT2D eigenvalue weighted by molar-refractivity contribution is 6.38. The standard InChI is InChI=1S/C39H59FN4O6/c1-7-34(46)29(5)25-42-14-18-43(19-15-42)32-22-30(21-31(40)23-32)20-28(4)37-27(3)9-11-36(50-39(49)44-16-12-41(6)13-17-44)26(2)8-10-33(45)24-35(47)38(37)48/h9,11,20-23,26-27,29,33-34,36-37,45-46H,7-8,10,12-19,24-25H2,1-6H3/b11-9+,28-20+/t26-,27+,29+,33+,34-,36+,37+/m1/s1. The smallest absolute Gasteiger partial charge is 0.410 e. The number of rotatable bonds is 8. The summed E-state index contributed by atoms with van der Waals surface area (Å²) in [5, 5.41) is 20.9. The quantitative estimate of drug-likeness (QED) is 0.296. The second-order valence-electron chi connectivity index (χ2n) is 14.9. The molecule has 0 bridgehead atoms. The van der Waals surface area contributed by atoms with Gasteiger partial charge in [-0.2, -0.15) is 0 Å². The maximum Gasteiger partial charge on any atom is 0.410 e. The third kappa shape index (κ3) is 10.9. The second kappa shape index (κ2) is 18.4. The van der Waals surface area contributed by atoms with E-state index in [4.69, 9.17) is 4.74 Å². The van der Waals surface area contributed by atoms with Gasteiger partial charge in [-0.15, -0.1) is 0 Å². The van der Waals surface area contributed by atoms with Gasteiger partial charge in [0.1, 0.15) is 11.9 Å². The number of ether oxygens (including phenoxy) is 1. The van der Waals surface area contributed by atoms with Crippen LogP contribution in [0.1, 0.15) is 65.9 Å². The molecule has 278 valence electrons. The van der Waals surface area contributed by atoms with Crippen LogP contribution in [0.4, 0.5) is 14.9 Å². The summed E-state index contributed by atoms with van der Waals surface area (Å²) in [5.74, 6) is -2.83. The second-order valence-corrected chi connectivity index (χ2v) is 14.9. The highest BCUT2D eigenvalue weighted by Crippen LogP contribution is 2.30. The van der Waals surface area contributed by atoms with Crippen LogP contribution in [0.25, 0.3) is 6.08 Å². The van der Waals surface area contributed by atoms with E-state index >= 15 is 4.39 Å². The molecule has 1 aliphatic carbocycles. The Morgan fingerprint density at radius 3 is 2.36 bits per heavy atom. The number of aliphatic hydroxyl groups is 2. The number of piperazine rings is 2. The third-order valence-electron chi connectivity index (χ3n) is 10.8. The van der Waals surface area contributed by atoms with E-state index < -0.39 is 35.6 Å². The van der Waals surface area contributed by atoms with Gasteiger partial charge in [-0.05, 0) is 80.8 Å². The summed E-state index contributed by atoms with van der Waals surface area (Å²) < 4.78 is 21.1. The van der Waals surface area contributed by atoms with Crippen LogP contribution in [0.3, 0.4) is 0 Å². The van der Waals surface area contributed by atoms with Gasteiger partial charge >= 0.3 is 6.09 Å². The normalized spacial score (nSPS) is 28.8. The summed E-state index contributed by atoms with van der Waals surface area (Å²) >= 11 is 0. The third-order valence-corrected chi connectivity index (χ3v) is 10.8. The molecule has 1 aromatic carbocycles. The number of allylic oxidation sites excluding steroid dienone is 2. The maximum absolute atomic E-state index is 15.0. The highest BCUT2D eigenvalue weighted by Gasteiger charge is 2.33. The minimum atomic E-state index is -0.988. The number of hydrogen-bond acceptors (Lipinski definition) is 9. The predicted octanol–water partition coefficient (Wildman–Crippen LogP) is 4.64. The van der Waals surface area contributed by atoms with Gasteiger partial charge in [-0.3, -0.25) is 14.5 Å². The number of carbonyl (C=O) groups is 3. The molecule has 0 saturated carbocycles. The molecule has 2 N–H and O–H groups in total. The van der Waals surface area contributed by atoms with Crippen molar-refractivity contribution >= 4 is 29.4 Å². The molecular weight excluding hydrogens is 639 g/mol. The molecule has 4 rings (SSSR count). The fourth-order valence-corrected chi connectivity index (χ4v) is 7.33. The van der Waals surface area contributed by atoms with Crippen molar-refractivity contribution in [3.8, 4) is 0 Å². The van der Waals surface area contributed by atoms with E-state index in [0.29, 0.717) is 37.1 Å². The summed E-state index contributed by atoms with van der Waals surface area (Å²) in [6.45, 7) is 16.2. The number of likely N-dealkylation sites (N-methyl/N-ethyl adjacent to an activating group) is 1. The van der Waals surface area contributed by atoms with Crippen LogP contribution in [-0.2, 0) is 14.3 Å². The van der Waals surface area contributed by atoms with E-state index in [-0.39, 0.29) is 36.3 Å². The monoisotopic (exact) mass is 698 g/mol. The van der Waals surface area contributed by atoms with Crippen molar-refractivity contribution in [1.82, 2.24) is 14.7 Å². The van der Waals surface area contributed by atoms with Crippen LogP contribution >= 0.6 is 0 Å². The van der Waals surface area contributed by atoms with Crippen molar-refractivity contribution in [2.24, 2.45) is 23.7 Å². The Kier molecular flexibility index (Phi) is 14.6. The largest absolute Gasteiger partial charge is 0.442 e. The van der Waals surface area contributed by atoms with Gasteiger partial charge in [-0.1, -0.05) is 45.4 Å². The Labute approximate surface area is 297 Å². The van der Waals surface area contributed by atoms with E-state index in [9.17, 15) is 24.6 Å². The zero-order chi connectivity index (χ0) is 36.5. The lowest BCUT2D eigenvalue weighted by atomic mass is 9.80. The first kappa shape index (κ1) is 39.7. The van der Waals surface area contributed by atoms with Crippen LogP contribution in [0.15, 0.2) is 35.9 Å². The van der Waals surface area contributed by atoms with E-state index in [1.54, 1.807) is 17.9 Å². The Morgan fingerprint density at radius 2 is 1.70 bits per heavy atom. The zero-order valence-electron chi connectivity index (χ0n) is 30.9. The molecule has 0 radical (unpaired) electrons. The van der Waals surface area contributed by atoms with Crippen molar-refractivity contribution < 1.29 is 33.7 Å². The SMILES string of the molecule is CC[C@@H](O)[C@@H](C)CN1CCN(c2cc(F)cc(/C=C(\C)[C@H]3C(=O)C(=O)C[C@@H](O)CC[C@@H](C)[C@@H](OC(=O)N4CCN(C)CC4)/C=C/[C@@H]3C)c2)CC1. The van der Waals surface area contributed by atoms with Gasteiger partial charge < -0.3 is 29.6 Å². The average molecular weight is 699 g/mol. The molecule has 0 aromatic heterocycles. The van der Waals surface area contributed by atoms with Gasteiger partial charge in [-0.25, -0.2) is 9.18 Å². The Hall–Kier alpha value is -3.12. The molecule has 7 atom stereocenters. The number of anilines is 1. The fraction of sp³-hybridized carbons (Fsp3) is 0.667. The van der Waals surface area contributed by atoms with Gasteiger partial charge in [0.2, 0.25) is 11.6 Å². The molecule has 2 fully saturated rings. The molecule has 1 aromatic rings. The lowest BCUT2D eigenvalue weighted by Gasteiger charge is -2.38. The van der Waals surface area contributed by atoms with E-state index in [1.165, 1.54) is 12.1 Å². The summed E-state index contributed by atoms with van der Waals surface area (Å²) in [5.41, 5.74) is 1.95. The van der Waals surface area contributed by atoms with Crippen molar-refractivity contribution in [1.29, 1.82) is 0 Å². The molecule has 2 heterocycles. The topological polar surface area (TPSA) is 114 Å². The number of ketones is 2. The minimum Gasteiger partial charge on any atom is -0.442 e. The number of halogens is 1. The highest BCUT2D eigenvalue weighted by atomic mass is 19.1. The van der Waals surface area contributed by atoms with E-state index in [0.717, 1.165) is 57.9 Å². The van der Waals surface area contributed by atoms with E-state index in [1.807, 2.05) is 46.0 Å². The minimum absolute atomic E-state index is 0.122. The summed E-state index contributed by atoms with van der Waals surface area (Å²) in [7, 11) is 2.02. The summed E-state index contributed by atoms with van der Waals surface area (Å²) in [6, 6.07) is 4.86. The first-order chi connectivity index (χ1) is 23.7. The molecule has 50 heavy (non-hydrogen) atoms. The molecule has 0 unspecified atom stereocenters. The number of aliphatic hydroxyl groups excluding tert-OH is 2. The maximum atomic E-state index is 15.0. The Balaban J connectivity index is 1.54. The molecule has 10 nitrogen and oxygen atoms in total. The molecule has 1 amide bonds. The number of nitrogens with zero attached hydrogens (tertiary/aromatic N) is 4. The molecule has 2 aliphatic heterocycles. The van der Waals surface area contributed by atoms with Crippen LogP contribution in [0, 0.1) is 29.5 Å². The summed E-state index contributed by atoms with van der Waals surface area (Å²) in [4.78, 5) is 48.4. The van der Waals surface area contributed by atoms with Gasteiger partial charge in [0.25, 0.3) is 0 Å². The number of carbonyl (C=O) groups excluding carboxylic acids is 3. The van der Waals surface area contributed by atoms with Crippen LogP contribution in [0.2, 0.25) is 0 Å². The number of amides is 1. The predicted molar refractivity (Wildman–Crippen MR) is 194 cm³/mol. The average Bonchev–Trinajstić information content (AvgIpc) is 3.08. The Bertz CT molecular complexity index is 1370. The Morgan fingerprint density at radius 1 is 1.02 bits per heavy atom. The van der Waals surface area contributed by atoms with Gasteiger partial charge in [0, 0.05) is 71.0 Å². The first-order valence-corrected chi connectivity index (χ1v) is 18.5. The summed E-state index contributed by atoms with van der Waals surface area (Å²) in [6.07, 6.45) is 4.44. The molecule has 0 spiro atoms. The van der Waals surface area contributed by atoms with Gasteiger partial charge in [0.05, 0.1) is 18.1 Å². The zero-order valence-corrected chi connectivity index (χ0v) is 30.9. The lowest BCUT2D eigenvalue weighted by molar-refractivity contribution is -0.140. The fourth-order valence-electron chi connectivity index (χ4n) is 7.33. The van der Waals surface area contributed by atoms with Crippen LogP contribution in [0.5, 0.6) is 0 Å².